The highest BCUT2D eigenvalue weighted by atomic mass is 79.9. The van der Waals surface area contributed by atoms with Gasteiger partial charge >= 0.3 is 11.8 Å². The van der Waals surface area contributed by atoms with Crippen molar-refractivity contribution < 1.29 is 14.4 Å². The summed E-state index contributed by atoms with van der Waals surface area (Å²) in [7, 11) is 0. The fourth-order valence-corrected chi connectivity index (χ4v) is 2.09. The summed E-state index contributed by atoms with van der Waals surface area (Å²) in [6, 6.07) is 11.4. The number of hydrogen-bond donors (Lipinski definition) is 3. The van der Waals surface area contributed by atoms with Crippen molar-refractivity contribution in [3.8, 4) is 0 Å². The van der Waals surface area contributed by atoms with E-state index in [1.54, 1.807) is 30.3 Å². The number of hydrogen-bond acceptors (Lipinski definition) is 4. The zero-order valence-electron chi connectivity index (χ0n) is 12.2. The molecule has 118 valence electrons. The fourth-order valence-electron chi connectivity index (χ4n) is 1.84. The first-order chi connectivity index (χ1) is 10.9. The van der Waals surface area contributed by atoms with Gasteiger partial charge in [-0.3, -0.25) is 19.7 Å². The average molecular weight is 376 g/mol. The maximum absolute atomic E-state index is 11.9. The molecule has 0 fully saturated rings. The van der Waals surface area contributed by atoms with Crippen LogP contribution in [0.4, 0.5) is 11.4 Å². The fraction of sp³-hybridized carbons (Fsp3) is 0.0625. The quantitative estimate of drug-likeness (QED) is 0.553. The Labute approximate surface area is 141 Å². The first-order valence-electron chi connectivity index (χ1n) is 6.66. The molecule has 0 aromatic heterocycles. The van der Waals surface area contributed by atoms with Gasteiger partial charge in [-0.15, -0.1) is 0 Å². The predicted molar refractivity (Wildman–Crippen MR) is 90.8 cm³/mol. The zero-order chi connectivity index (χ0) is 17.0. The smallest absolute Gasteiger partial charge is 0.316 e. The molecule has 0 saturated heterocycles. The molecular formula is C16H14BrN3O3. The largest absolute Gasteiger partial charge is 0.398 e. The number of halogens is 1. The molecule has 0 unspecified atom stereocenters. The standard InChI is InChI=1S/C16H14BrN3O3/c1-9-8-10(6-7-12(9)17)19-15(22)16(23)20-14(21)11-4-2-3-5-13(11)18/h2-8H,18H2,1H3,(H,19,22)(H,20,21,23). The summed E-state index contributed by atoms with van der Waals surface area (Å²) >= 11 is 3.34. The second kappa shape index (κ2) is 7.06. The van der Waals surface area contributed by atoms with Gasteiger partial charge in [0.1, 0.15) is 0 Å². The summed E-state index contributed by atoms with van der Waals surface area (Å²) in [5, 5.41) is 4.43. The molecule has 3 amide bonds. The van der Waals surface area contributed by atoms with Crippen LogP contribution in [-0.2, 0) is 9.59 Å². The van der Waals surface area contributed by atoms with Crippen LogP contribution in [0.1, 0.15) is 15.9 Å². The highest BCUT2D eigenvalue weighted by Crippen LogP contribution is 2.19. The van der Waals surface area contributed by atoms with E-state index in [0.717, 1.165) is 10.0 Å². The van der Waals surface area contributed by atoms with Crippen molar-refractivity contribution in [1.82, 2.24) is 5.32 Å². The highest BCUT2D eigenvalue weighted by Gasteiger charge is 2.19. The van der Waals surface area contributed by atoms with Gasteiger partial charge in [0, 0.05) is 15.8 Å². The van der Waals surface area contributed by atoms with Crippen LogP contribution in [-0.4, -0.2) is 17.7 Å². The number of carbonyl (C=O) groups excluding carboxylic acids is 3. The van der Waals surface area contributed by atoms with Crippen molar-refractivity contribution in [3.63, 3.8) is 0 Å². The van der Waals surface area contributed by atoms with Crippen molar-refractivity contribution in [2.24, 2.45) is 0 Å². The SMILES string of the molecule is Cc1cc(NC(=O)C(=O)NC(=O)c2ccccc2N)ccc1Br. The molecule has 0 atom stereocenters. The number of nitrogens with two attached hydrogens (primary N) is 1. The molecule has 0 saturated carbocycles. The van der Waals surface area contributed by atoms with E-state index in [4.69, 9.17) is 5.73 Å². The first kappa shape index (κ1) is 16.7. The van der Waals surface area contributed by atoms with E-state index in [1.807, 2.05) is 12.2 Å². The van der Waals surface area contributed by atoms with Crippen molar-refractivity contribution >= 4 is 45.0 Å². The van der Waals surface area contributed by atoms with Gasteiger partial charge in [0.2, 0.25) is 0 Å². The topological polar surface area (TPSA) is 101 Å². The summed E-state index contributed by atoms with van der Waals surface area (Å²) in [6.07, 6.45) is 0. The molecule has 0 heterocycles. The van der Waals surface area contributed by atoms with Gasteiger partial charge in [-0.2, -0.15) is 0 Å². The van der Waals surface area contributed by atoms with E-state index in [0.29, 0.717) is 5.69 Å². The molecule has 2 aromatic carbocycles. The van der Waals surface area contributed by atoms with Crippen LogP contribution in [0, 0.1) is 6.92 Å². The van der Waals surface area contributed by atoms with E-state index < -0.39 is 17.7 Å². The number of rotatable bonds is 2. The van der Waals surface area contributed by atoms with E-state index in [2.05, 4.69) is 21.2 Å². The molecular weight excluding hydrogens is 362 g/mol. The highest BCUT2D eigenvalue weighted by molar-refractivity contribution is 9.10. The van der Waals surface area contributed by atoms with E-state index in [-0.39, 0.29) is 11.3 Å². The molecule has 4 N–H and O–H groups in total. The number of imide groups is 1. The minimum Gasteiger partial charge on any atom is -0.398 e. The molecule has 2 rings (SSSR count). The lowest BCUT2D eigenvalue weighted by Crippen LogP contribution is -2.39. The lowest BCUT2D eigenvalue weighted by molar-refractivity contribution is -0.135. The van der Waals surface area contributed by atoms with Crippen LogP contribution in [0.5, 0.6) is 0 Å². The summed E-state index contributed by atoms with van der Waals surface area (Å²) < 4.78 is 0.884. The normalized spacial score (nSPS) is 10.0. The second-order valence-electron chi connectivity index (χ2n) is 4.79. The maximum atomic E-state index is 11.9. The molecule has 0 aliphatic carbocycles. The Morgan fingerprint density at radius 2 is 1.74 bits per heavy atom. The predicted octanol–water partition coefficient (Wildman–Crippen LogP) is 2.23. The van der Waals surface area contributed by atoms with Crippen molar-refractivity contribution in [2.75, 3.05) is 11.1 Å². The van der Waals surface area contributed by atoms with Crippen LogP contribution in [0.15, 0.2) is 46.9 Å². The van der Waals surface area contributed by atoms with Gasteiger partial charge in [0.05, 0.1) is 5.56 Å². The average Bonchev–Trinajstić information content (AvgIpc) is 2.51. The summed E-state index contributed by atoms with van der Waals surface area (Å²) in [6.45, 7) is 1.85. The second-order valence-corrected chi connectivity index (χ2v) is 5.64. The molecule has 0 radical (unpaired) electrons. The van der Waals surface area contributed by atoms with Crippen LogP contribution < -0.4 is 16.4 Å². The molecule has 0 aliphatic heterocycles. The number of para-hydroxylation sites is 1. The Kier molecular flexibility index (Phi) is 5.13. The Morgan fingerprint density at radius 1 is 1.04 bits per heavy atom. The van der Waals surface area contributed by atoms with Crippen LogP contribution >= 0.6 is 15.9 Å². The Bertz CT molecular complexity index is 790. The number of benzene rings is 2. The molecule has 23 heavy (non-hydrogen) atoms. The lowest BCUT2D eigenvalue weighted by Gasteiger charge is -2.08. The molecule has 0 bridgehead atoms. The number of amides is 3. The third-order valence-corrected chi connectivity index (χ3v) is 3.94. The van der Waals surface area contributed by atoms with Crippen molar-refractivity contribution in [3.05, 3.63) is 58.1 Å². The molecule has 7 heteroatoms. The van der Waals surface area contributed by atoms with Gasteiger partial charge in [0.25, 0.3) is 5.91 Å². The number of anilines is 2. The summed E-state index contributed by atoms with van der Waals surface area (Å²) in [5.74, 6) is -2.72. The monoisotopic (exact) mass is 375 g/mol. The van der Waals surface area contributed by atoms with Gasteiger partial charge in [-0.1, -0.05) is 28.1 Å². The maximum Gasteiger partial charge on any atom is 0.316 e. The lowest BCUT2D eigenvalue weighted by atomic mass is 10.1. The minimum absolute atomic E-state index is 0.133. The van der Waals surface area contributed by atoms with Crippen LogP contribution in [0.25, 0.3) is 0 Å². The van der Waals surface area contributed by atoms with Crippen LogP contribution in [0.2, 0.25) is 0 Å². The van der Waals surface area contributed by atoms with Gasteiger partial charge in [-0.25, -0.2) is 0 Å². The van der Waals surface area contributed by atoms with Crippen LogP contribution in [0.3, 0.4) is 0 Å². The van der Waals surface area contributed by atoms with E-state index in [1.165, 1.54) is 12.1 Å². The molecule has 0 spiro atoms. The summed E-state index contributed by atoms with van der Waals surface area (Å²) in [5.41, 5.74) is 7.36. The van der Waals surface area contributed by atoms with Crippen molar-refractivity contribution in [1.29, 1.82) is 0 Å². The third-order valence-electron chi connectivity index (χ3n) is 3.05. The van der Waals surface area contributed by atoms with E-state index >= 15 is 0 Å². The third kappa shape index (κ3) is 4.17. The first-order valence-corrected chi connectivity index (χ1v) is 7.45. The van der Waals surface area contributed by atoms with Gasteiger partial charge < -0.3 is 11.1 Å². The number of carbonyl (C=O) groups is 3. The molecule has 0 aliphatic rings. The molecule has 6 nitrogen and oxygen atoms in total. The number of nitrogen functional groups attached to an aromatic ring is 1. The minimum atomic E-state index is -1.06. The van der Waals surface area contributed by atoms with E-state index in [9.17, 15) is 14.4 Å². The van der Waals surface area contributed by atoms with Gasteiger partial charge in [0.15, 0.2) is 0 Å². The Hall–Kier alpha value is -2.67. The number of aryl methyl sites for hydroxylation is 1. The van der Waals surface area contributed by atoms with Gasteiger partial charge in [-0.05, 0) is 42.8 Å². The van der Waals surface area contributed by atoms with Crippen molar-refractivity contribution in [2.45, 2.75) is 6.92 Å². The zero-order valence-corrected chi connectivity index (χ0v) is 13.8. The Morgan fingerprint density at radius 3 is 2.39 bits per heavy atom. The summed E-state index contributed by atoms with van der Waals surface area (Å²) in [4.78, 5) is 35.6. The number of nitrogens with one attached hydrogen (secondary N) is 2. The Balaban J connectivity index is 2.02. The molecule has 2 aromatic rings.